The molecule has 2 aromatic carbocycles. The molecule has 0 bridgehead atoms. The Labute approximate surface area is 132 Å². The number of nitrogens with one attached hydrogen (secondary N) is 2. The van der Waals surface area contributed by atoms with Crippen LogP contribution in [-0.2, 0) is 4.79 Å². The second-order valence-corrected chi connectivity index (χ2v) is 5.99. The van der Waals surface area contributed by atoms with Gasteiger partial charge in [0.1, 0.15) is 5.82 Å². The quantitative estimate of drug-likeness (QED) is 0.760. The minimum absolute atomic E-state index is 0.0692. The van der Waals surface area contributed by atoms with Crippen LogP contribution in [0.4, 0.5) is 5.69 Å². The number of fused-ring (bicyclic) bond motifs is 1. The topological polar surface area (TPSA) is 57.8 Å². The average molecular weight is 312 g/mol. The van der Waals surface area contributed by atoms with Crippen molar-refractivity contribution < 1.29 is 4.79 Å². The van der Waals surface area contributed by atoms with Crippen LogP contribution >= 0.6 is 11.6 Å². The molecule has 1 saturated carbocycles. The predicted molar refractivity (Wildman–Crippen MR) is 87.9 cm³/mol. The van der Waals surface area contributed by atoms with Gasteiger partial charge in [-0.15, -0.1) is 0 Å². The fourth-order valence-corrected chi connectivity index (χ4v) is 2.65. The third-order valence-electron chi connectivity index (χ3n) is 3.83. The Balaban J connectivity index is 1.78. The number of halogens is 1. The minimum Gasteiger partial charge on any atom is -0.338 e. The number of hydrogen-bond acceptors (Lipinski definition) is 2. The largest absolute Gasteiger partial charge is 0.338 e. The van der Waals surface area contributed by atoms with E-state index in [0.717, 1.165) is 35.1 Å². The van der Waals surface area contributed by atoms with E-state index in [0.29, 0.717) is 10.8 Å². The van der Waals surface area contributed by atoms with Crippen molar-refractivity contribution >= 4 is 34.2 Å². The molecule has 1 aromatic heterocycles. The van der Waals surface area contributed by atoms with Gasteiger partial charge in [-0.25, -0.2) is 4.98 Å². The van der Waals surface area contributed by atoms with E-state index in [1.54, 1.807) is 6.07 Å². The van der Waals surface area contributed by atoms with Gasteiger partial charge in [0.15, 0.2) is 0 Å². The van der Waals surface area contributed by atoms with Crippen LogP contribution in [0.25, 0.3) is 22.4 Å². The van der Waals surface area contributed by atoms with Crippen molar-refractivity contribution in [3.63, 3.8) is 0 Å². The summed E-state index contributed by atoms with van der Waals surface area (Å²) in [6.45, 7) is 0. The van der Waals surface area contributed by atoms with Gasteiger partial charge in [-0.2, -0.15) is 0 Å². The fraction of sp³-hybridized carbons (Fsp3) is 0.176. The van der Waals surface area contributed by atoms with E-state index in [2.05, 4.69) is 15.3 Å². The summed E-state index contributed by atoms with van der Waals surface area (Å²) in [6.07, 6.45) is 1.94. The Morgan fingerprint density at radius 2 is 2.05 bits per heavy atom. The molecule has 22 heavy (non-hydrogen) atoms. The smallest absolute Gasteiger partial charge is 0.227 e. The van der Waals surface area contributed by atoms with Gasteiger partial charge in [0.05, 0.1) is 16.7 Å². The fourth-order valence-electron chi connectivity index (χ4n) is 2.48. The van der Waals surface area contributed by atoms with Crippen molar-refractivity contribution in [1.29, 1.82) is 0 Å². The first-order valence-corrected chi connectivity index (χ1v) is 7.64. The van der Waals surface area contributed by atoms with E-state index >= 15 is 0 Å². The highest BCUT2D eigenvalue weighted by Gasteiger charge is 2.30. The van der Waals surface area contributed by atoms with Gasteiger partial charge in [-0.1, -0.05) is 23.7 Å². The van der Waals surface area contributed by atoms with Gasteiger partial charge in [0.2, 0.25) is 5.91 Å². The van der Waals surface area contributed by atoms with Crippen molar-refractivity contribution in [1.82, 2.24) is 9.97 Å². The van der Waals surface area contributed by atoms with Gasteiger partial charge in [-0.3, -0.25) is 4.79 Å². The zero-order valence-electron chi connectivity index (χ0n) is 11.8. The number of aromatic amines is 1. The summed E-state index contributed by atoms with van der Waals surface area (Å²) >= 11 is 6.12. The van der Waals surface area contributed by atoms with E-state index in [4.69, 9.17) is 11.6 Å². The number of amides is 1. The Bertz CT molecular complexity index is 834. The molecule has 0 spiro atoms. The Morgan fingerprint density at radius 3 is 2.82 bits per heavy atom. The van der Waals surface area contributed by atoms with Gasteiger partial charge in [-0.05, 0) is 43.2 Å². The summed E-state index contributed by atoms with van der Waals surface area (Å²) in [6, 6.07) is 13.2. The van der Waals surface area contributed by atoms with Crippen molar-refractivity contribution in [2.45, 2.75) is 12.8 Å². The molecule has 4 rings (SSSR count). The van der Waals surface area contributed by atoms with Crippen LogP contribution < -0.4 is 5.32 Å². The van der Waals surface area contributed by atoms with Crippen molar-refractivity contribution in [3.05, 3.63) is 47.5 Å². The lowest BCUT2D eigenvalue weighted by molar-refractivity contribution is -0.117. The Kier molecular flexibility index (Phi) is 3.12. The van der Waals surface area contributed by atoms with Crippen LogP contribution in [0.3, 0.4) is 0 Å². The lowest BCUT2D eigenvalue weighted by Crippen LogP contribution is -2.14. The van der Waals surface area contributed by atoms with Crippen LogP contribution in [0.15, 0.2) is 42.5 Å². The number of benzene rings is 2. The zero-order chi connectivity index (χ0) is 15.1. The zero-order valence-corrected chi connectivity index (χ0v) is 12.5. The first-order valence-electron chi connectivity index (χ1n) is 7.26. The number of hydrogen-bond donors (Lipinski definition) is 2. The highest BCUT2D eigenvalue weighted by atomic mass is 35.5. The van der Waals surface area contributed by atoms with E-state index in [1.165, 1.54) is 0 Å². The third kappa shape index (κ3) is 2.46. The van der Waals surface area contributed by atoms with Crippen molar-refractivity contribution in [2.24, 2.45) is 5.92 Å². The number of carbonyl (C=O) groups excluding carboxylic acids is 1. The molecule has 4 nitrogen and oxygen atoms in total. The molecule has 0 radical (unpaired) electrons. The number of rotatable bonds is 3. The molecule has 0 saturated heterocycles. The maximum absolute atomic E-state index is 12.0. The second-order valence-electron chi connectivity index (χ2n) is 5.56. The normalized spacial score (nSPS) is 14.2. The Hall–Kier alpha value is -2.33. The molecule has 2 N–H and O–H groups in total. The van der Waals surface area contributed by atoms with Crippen molar-refractivity contribution in [3.8, 4) is 11.4 Å². The van der Waals surface area contributed by atoms with Crippen molar-refractivity contribution in [2.75, 3.05) is 5.32 Å². The van der Waals surface area contributed by atoms with Gasteiger partial charge < -0.3 is 10.3 Å². The molecule has 1 aliphatic rings. The maximum atomic E-state index is 12.0. The number of H-pyrrole nitrogens is 1. The SMILES string of the molecule is O=C(Nc1ccc(Cl)cc1-c1nc2ccccc2[nH]1)C1CC1. The number of imidazole rings is 1. The van der Waals surface area contributed by atoms with Crippen LogP contribution in [0.5, 0.6) is 0 Å². The number of para-hydroxylation sites is 2. The summed E-state index contributed by atoms with van der Waals surface area (Å²) in [5, 5.41) is 3.60. The molecule has 1 heterocycles. The average Bonchev–Trinajstić information content (AvgIpc) is 3.28. The third-order valence-corrected chi connectivity index (χ3v) is 4.07. The van der Waals surface area contributed by atoms with Gasteiger partial charge in [0, 0.05) is 16.5 Å². The standard InChI is InChI=1S/C17H14ClN3O/c18-11-7-8-13(21-17(22)10-5-6-10)12(9-11)16-19-14-3-1-2-4-15(14)20-16/h1-4,7-10H,5-6H2,(H,19,20)(H,21,22). The summed E-state index contributed by atoms with van der Waals surface area (Å²) in [5.74, 6) is 0.925. The highest BCUT2D eigenvalue weighted by Crippen LogP contribution is 2.34. The molecule has 5 heteroatoms. The minimum atomic E-state index is 0.0692. The van der Waals surface area contributed by atoms with Crippen LogP contribution in [0.2, 0.25) is 5.02 Å². The summed E-state index contributed by atoms with van der Waals surface area (Å²) in [4.78, 5) is 19.9. The predicted octanol–water partition coefficient (Wildman–Crippen LogP) is 4.23. The molecule has 0 atom stereocenters. The first kappa shape index (κ1) is 13.3. The van der Waals surface area contributed by atoms with E-state index < -0.39 is 0 Å². The summed E-state index contributed by atoms with van der Waals surface area (Å²) < 4.78 is 0. The highest BCUT2D eigenvalue weighted by molar-refractivity contribution is 6.31. The lowest BCUT2D eigenvalue weighted by Gasteiger charge is -2.09. The number of aromatic nitrogens is 2. The first-order chi connectivity index (χ1) is 10.7. The number of carbonyl (C=O) groups is 1. The van der Waals surface area contributed by atoms with Crippen LogP contribution in [0.1, 0.15) is 12.8 Å². The molecule has 1 fully saturated rings. The Morgan fingerprint density at radius 1 is 1.23 bits per heavy atom. The second kappa shape index (κ2) is 5.14. The molecule has 1 amide bonds. The van der Waals surface area contributed by atoms with Crippen LogP contribution in [-0.4, -0.2) is 15.9 Å². The number of nitrogens with zero attached hydrogens (tertiary/aromatic N) is 1. The molecule has 3 aromatic rings. The maximum Gasteiger partial charge on any atom is 0.227 e. The lowest BCUT2D eigenvalue weighted by atomic mass is 10.1. The monoisotopic (exact) mass is 311 g/mol. The van der Waals surface area contributed by atoms with E-state index in [1.807, 2.05) is 36.4 Å². The molecular formula is C17H14ClN3O. The van der Waals surface area contributed by atoms with E-state index in [9.17, 15) is 4.79 Å². The molecule has 0 aliphatic heterocycles. The molecule has 0 unspecified atom stereocenters. The van der Waals surface area contributed by atoms with E-state index in [-0.39, 0.29) is 11.8 Å². The molecular weight excluding hydrogens is 298 g/mol. The van der Waals surface area contributed by atoms with Gasteiger partial charge >= 0.3 is 0 Å². The van der Waals surface area contributed by atoms with Crippen LogP contribution in [0, 0.1) is 5.92 Å². The summed E-state index contributed by atoms with van der Waals surface area (Å²) in [5.41, 5.74) is 3.38. The number of anilines is 1. The molecule has 1 aliphatic carbocycles. The molecule has 110 valence electrons. The van der Waals surface area contributed by atoms with Gasteiger partial charge in [0.25, 0.3) is 0 Å². The summed E-state index contributed by atoms with van der Waals surface area (Å²) in [7, 11) is 0.